The topological polar surface area (TPSA) is 9.86 Å². The van der Waals surface area contributed by atoms with Crippen LogP contribution in [0.3, 0.4) is 0 Å². The first-order valence-electron chi connectivity index (χ1n) is 20.8. The number of hydrogen-bond donors (Lipinski definition) is 0. The van der Waals surface area contributed by atoms with Crippen molar-refractivity contribution in [3.8, 4) is 44.8 Å². The summed E-state index contributed by atoms with van der Waals surface area (Å²) < 4.78 is 4.88. The number of hydrogen-bond acceptors (Lipinski definition) is 0. The van der Waals surface area contributed by atoms with Gasteiger partial charge in [-0.3, -0.25) is 0 Å². The monoisotopic (exact) mass is 754 g/mol. The van der Waals surface area contributed by atoms with E-state index in [-0.39, 0.29) is 5.41 Å². The number of aromatic nitrogens is 2. The van der Waals surface area contributed by atoms with Crippen molar-refractivity contribution in [3.63, 3.8) is 0 Å². The lowest BCUT2D eigenvalue weighted by Crippen LogP contribution is -2.24. The van der Waals surface area contributed by atoms with Crippen LogP contribution in [0.2, 0.25) is 0 Å². The van der Waals surface area contributed by atoms with Gasteiger partial charge in [-0.2, -0.15) is 0 Å². The van der Waals surface area contributed by atoms with Gasteiger partial charge in [0.2, 0.25) is 0 Å². The lowest BCUT2D eigenvalue weighted by Gasteiger charge is -2.29. The second-order valence-corrected chi connectivity index (χ2v) is 17.0. The van der Waals surface area contributed by atoms with E-state index in [1.165, 1.54) is 99.5 Å². The van der Waals surface area contributed by atoms with Crippen LogP contribution < -0.4 is 0 Å². The quantitative estimate of drug-likeness (QED) is 0.166. The molecule has 0 saturated heterocycles. The fraction of sp³-hybridized carbons (Fsp3) is 0.0877. The normalized spacial score (nSPS) is 16.6. The lowest BCUT2D eigenvalue weighted by molar-refractivity contribution is 0.394. The molecule has 2 aliphatic rings. The van der Waals surface area contributed by atoms with Gasteiger partial charge in [0.25, 0.3) is 0 Å². The Morgan fingerprint density at radius 2 is 0.932 bits per heavy atom. The Kier molecular flexibility index (Phi) is 7.43. The summed E-state index contributed by atoms with van der Waals surface area (Å²) in [6.07, 6.45) is 9.25. The fourth-order valence-corrected chi connectivity index (χ4v) is 10.5. The summed E-state index contributed by atoms with van der Waals surface area (Å²) in [5.74, 6) is 0.898. The molecular formula is C57H42N2. The molecule has 2 aromatic heterocycles. The van der Waals surface area contributed by atoms with Crippen LogP contribution in [-0.4, -0.2) is 9.13 Å². The molecule has 280 valence electrons. The maximum atomic E-state index is 2.50. The Hall–Kier alpha value is -7.16. The molecule has 10 aromatic rings. The minimum atomic E-state index is 0.0366. The van der Waals surface area contributed by atoms with Gasteiger partial charge < -0.3 is 9.13 Å². The third kappa shape index (κ3) is 5.19. The maximum Gasteiger partial charge on any atom is 0.0547 e. The zero-order valence-corrected chi connectivity index (χ0v) is 33.2. The van der Waals surface area contributed by atoms with E-state index in [0.29, 0.717) is 11.8 Å². The Morgan fingerprint density at radius 1 is 0.373 bits per heavy atom. The van der Waals surface area contributed by atoms with Gasteiger partial charge in [-0.15, -0.1) is 0 Å². The van der Waals surface area contributed by atoms with Crippen LogP contribution >= 0.6 is 0 Å². The smallest absolute Gasteiger partial charge is 0.0547 e. The average molecular weight is 755 g/mol. The van der Waals surface area contributed by atoms with E-state index in [0.717, 1.165) is 0 Å². The highest BCUT2D eigenvalue weighted by molar-refractivity contribution is 6.12. The van der Waals surface area contributed by atoms with Crippen molar-refractivity contribution in [2.45, 2.75) is 25.2 Å². The molecule has 2 unspecified atom stereocenters. The second kappa shape index (κ2) is 12.9. The van der Waals surface area contributed by atoms with E-state index in [9.17, 15) is 0 Å². The highest BCUT2D eigenvalue weighted by Gasteiger charge is 2.44. The molecule has 0 aliphatic heterocycles. The first-order chi connectivity index (χ1) is 29.0. The van der Waals surface area contributed by atoms with Crippen LogP contribution in [0.25, 0.3) is 88.4 Å². The van der Waals surface area contributed by atoms with Crippen molar-refractivity contribution in [1.82, 2.24) is 9.13 Å². The molecule has 0 radical (unpaired) electrons. The molecule has 2 heterocycles. The van der Waals surface area contributed by atoms with Gasteiger partial charge in [-0.25, -0.2) is 0 Å². The number of allylic oxidation sites excluding steroid dienone is 4. The van der Waals surface area contributed by atoms with Gasteiger partial charge in [-0.1, -0.05) is 147 Å². The SMILES string of the molecule is CC1(C)c2cc(-n3c4ccccc4c4ccc(-c5cc(-c6ccccc6)cc(-c6ccc7c(c6)c6ccccc6n7-c6ccccc6)c5)cc43)ccc2C2C=CC=CC21. The van der Waals surface area contributed by atoms with E-state index in [1.807, 2.05) is 0 Å². The number of nitrogens with zero attached hydrogens (tertiary/aromatic N) is 2. The summed E-state index contributed by atoms with van der Waals surface area (Å²) in [7, 11) is 0. The number of rotatable bonds is 5. The largest absolute Gasteiger partial charge is 0.309 e. The van der Waals surface area contributed by atoms with Crippen molar-refractivity contribution >= 4 is 43.6 Å². The zero-order valence-electron chi connectivity index (χ0n) is 33.2. The van der Waals surface area contributed by atoms with Gasteiger partial charge in [0.1, 0.15) is 0 Å². The molecule has 8 aromatic carbocycles. The van der Waals surface area contributed by atoms with E-state index in [4.69, 9.17) is 0 Å². The summed E-state index contributed by atoms with van der Waals surface area (Å²) >= 11 is 0. The van der Waals surface area contributed by atoms with Gasteiger partial charge >= 0.3 is 0 Å². The van der Waals surface area contributed by atoms with Gasteiger partial charge in [0, 0.05) is 38.8 Å². The van der Waals surface area contributed by atoms with Crippen molar-refractivity contribution < 1.29 is 0 Å². The molecule has 59 heavy (non-hydrogen) atoms. The standard InChI is InChI=1S/C57H42N2/c1-57(2)51-22-12-9-19-45(51)46-29-27-44(36-52(46)57)59-53-23-13-10-20-47(53)49-28-25-39(35-56(49)59)42-32-40(37-15-5-3-6-16-37)31-41(33-42)38-26-30-55-50(34-38)48-21-11-14-24-54(48)58(55)43-17-7-4-8-18-43/h3-36,45,51H,1-2H3. The Bertz CT molecular complexity index is 3350. The van der Waals surface area contributed by atoms with Crippen molar-refractivity contribution in [1.29, 1.82) is 0 Å². The molecular weight excluding hydrogens is 713 g/mol. The number of para-hydroxylation sites is 3. The molecule has 2 nitrogen and oxygen atoms in total. The highest BCUT2D eigenvalue weighted by atomic mass is 15.0. The Labute approximate surface area is 344 Å². The second-order valence-electron chi connectivity index (χ2n) is 17.0. The van der Waals surface area contributed by atoms with Crippen molar-refractivity contribution in [2.75, 3.05) is 0 Å². The van der Waals surface area contributed by atoms with Crippen LogP contribution in [0.4, 0.5) is 0 Å². The van der Waals surface area contributed by atoms with Crippen LogP contribution in [0.1, 0.15) is 30.9 Å². The zero-order chi connectivity index (χ0) is 39.2. The molecule has 2 heteroatoms. The Morgan fingerprint density at radius 3 is 1.68 bits per heavy atom. The predicted octanol–water partition coefficient (Wildman–Crippen LogP) is 15.0. The number of benzene rings is 8. The molecule has 0 N–H and O–H groups in total. The summed E-state index contributed by atoms with van der Waals surface area (Å²) in [6, 6.07) is 67.6. The van der Waals surface area contributed by atoms with Crippen molar-refractivity contribution in [2.24, 2.45) is 5.92 Å². The van der Waals surface area contributed by atoms with Gasteiger partial charge in [0.05, 0.1) is 22.1 Å². The minimum absolute atomic E-state index is 0.0366. The molecule has 2 atom stereocenters. The van der Waals surface area contributed by atoms with Crippen LogP contribution in [0.5, 0.6) is 0 Å². The first kappa shape index (κ1) is 33.9. The molecule has 0 amide bonds. The highest BCUT2D eigenvalue weighted by Crippen LogP contribution is 2.53. The molecule has 12 rings (SSSR count). The number of fused-ring (bicyclic) bond motifs is 9. The Balaban J connectivity index is 1.05. The fourth-order valence-electron chi connectivity index (χ4n) is 10.5. The van der Waals surface area contributed by atoms with E-state index >= 15 is 0 Å². The van der Waals surface area contributed by atoms with E-state index in [1.54, 1.807) is 0 Å². The molecule has 0 spiro atoms. The van der Waals surface area contributed by atoms with E-state index < -0.39 is 0 Å². The summed E-state index contributed by atoms with van der Waals surface area (Å²) in [5, 5.41) is 5.05. The average Bonchev–Trinajstić information content (AvgIpc) is 3.89. The first-order valence-corrected chi connectivity index (χ1v) is 20.8. The third-order valence-corrected chi connectivity index (χ3v) is 13.4. The van der Waals surface area contributed by atoms with Crippen molar-refractivity contribution in [3.05, 3.63) is 217 Å². The van der Waals surface area contributed by atoms with Crippen LogP contribution in [-0.2, 0) is 5.41 Å². The molecule has 0 fully saturated rings. The molecule has 2 aliphatic carbocycles. The molecule has 0 saturated carbocycles. The van der Waals surface area contributed by atoms with Crippen LogP contribution in [0, 0.1) is 5.92 Å². The summed E-state index contributed by atoms with van der Waals surface area (Å²) in [5.41, 5.74) is 17.4. The third-order valence-electron chi connectivity index (χ3n) is 13.4. The lowest BCUT2D eigenvalue weighted by atomic mass is 9.74. The summed E-state index contributed by atoms with van der Waals surface area (Å²) in [6.45, 7) is 4.84. The predicted molar refractivity (Wildman–Crippen MR) is 249 cm³/mol. The van der Waals surface area contributed by atoms with Gasteiger partial charge in [0.15, 0.2) is 0 Å². The van der Waals surface area contributed by atoms with Gasteiger partial charge in [-0.05, 0) is 129 Å². The van der Waals surface area contributed by atoms with E-state index in [2.05, 4.69) is 229 Å². The minimum Gasteiger partial charge on any atom is -0.309 e. The van der Waals surface area contributed by atoms with Crippen LogP contribution in [0.15, 0.2) is 206 Å². The maximum absolute atomic E-state index is 2.50. The summed E-state index contributed by atoms with van der Waals surface area (Å²) in [4.78, 5) is 0. The molecule has 0 bridgehead atoms.